The molecule has 2 aromatic rings. The van der Waals surface area contributed by atoms with E-state index >= 15 is 0 Å². The summed E-state index contributed by atoms with van der Waals surface area (Å²) in [7, 11) is 0. The molecule has 0 atom stereocenters. The van der Waals surface area contributed by atoms with Crippen molar-refractivity contribution in [1.29, 1.82) is 0 Å². The molecule has 0 radical (unpaired) electrons. The van der Waals surface area contributed by atoms with E-state index in [9.17, 15) is 13.9 Å². The van der Waals surface area contributed by atoms with Gasteiger partial charge in [-0.05, 0) is 31.6 Å². The van der Waals surface area contributed by atoms with E-state index in [4.69, 9.17) is 16.3 Å². The highest BCUT2D eigenvalue weighted by Crippen LogP contribution is 2.48. The fraction of sp³-hybridized carbons (Fsp3) is 0.182. The third kappa shape index (κ3) is 3.32. The minimum absolute atomic E-state index is 0.235. The number of hydrogen-bond donors (Lipinski definition) is 1. The van der Waals surface area contributed by atoms with Crippen LogP contribution in [0, 0.1) is 18.6 Å². The molecule has 3 rings (SSSR count). The molecule has 0 aromatic heterocycles. The van der Waals surface area contributed by atoms with E-state index in [0.717, 1.165) is 11.6 Å². The number of aliphatic hydroxyl groups excluding tert-OH is 1. The van der Waals surface area contributed by atoms with Crippen molar-refractivity contribution >= 4 is 28.5 Å². The molecule has 28 heavy (non-hydrogen) atoms. The van der Waals surface area contributed by atoms with Crippen LogP contribution in [0.15, 0.2) is 55.0 Å². The first kappa shape index (κ1) is 20.1. The summed E-state index contributed by atoms with van der Waals surface area (Å²) >= 11 is 6.20. The Morgan fingerprint density at radius 3 is 2.64 bits per heavy atom. The van der Waals surface area contributed by atoms with Gasteiger partial charge in [0.2, 0.25) is 0 Å². The van der Waals surface area contributed by atoms with E-state index in [1.165, 1.54) is 0 Å². The van der Waals surface area contributed by atoms with Gasteiger partial charge in [-0.15, -0.1) is 0 Å². The van der Waals surface area contributed by atoms with E-state index in [2.05, 4.69) is 13.2 Å². The molecule has 0 saturated carbocycles. The number of aryl methyl sites for hydroxylation is 1. The molecule has 0 bridgehead atoms. The zero-order valence-electron chi connectivity index (χ0n) is 15.7. The number of hydrogen-bond acceptors (Lipinski definition) is 3. The van der Waals surface area contributed by atoms with Crippen LogP contribution >= 0.6 is 11.6 Å². The highest BCUT2D eigenvalue weighted by atomic mass is 35.5. The van der Waals surface area contributed by atoms with Crippen molar-refractivity contribution in [1.82, 2.24) is 0 Å². The van der Waals surface area contributed by atoms with Gasteiger partial charge in [-0.1, -0.05) is 42.5 Å². The second-order valence-corrected chi connectivity index (χ2v) is 6.80. The van der Waals surface area contributed by atoms with E-state index in [0.29, 0.717) is 40.3 Å². The molecular formula is C22H20ClF2NO2. The Morgan fingerprint density at radius 1 is 1.29 bits per heavy atom. The van der Waals surface area contributed by atoms with E-state index in [1.807, 2.05) is 26.0 Å². The summed E-state index contributed by atoms with van der Waals surface area (Å²) in [6, 6.07) is 6.52. The summed E-state index contributed by atoms with van der Waals surface area (Å²) in [5, 5.41) is 9.46. The minimum atomic E-state index is -1.14. The van der Waals surface area contributed by atoms with E-state index < -0.39 is 11.6 Å². The van der Waals surface area contributed by atoms with E-state index in [1.54, 1.807) is 17.2 Å². The fourth-order valence-electron chi connectivity index (χ4n) is 3.23. The Balaban J connectivity index is 2.32. The Bertz CT molecular complexity index is 1010. The Hall–Kier alpha value is -2.63. The smallest absolute Gasteiger partial charge is 0.179 e. The topological polar surface area (TPSA) is 32.7 Å². The molecule has 3 nitrogen and oxygen atoms in total. The Morgan fingerprint density at radius 2 is 2.00 bits per heavy atom. The lowest BCUT2D eigenvalue weighted by atomic mass is 9.92. The van der Waals surface area contributed by atoms with Gasteiger partial charge < -0.3 is 14.7 Å². The van der Waals surface area contributed by atoms with E-state index in [-0.39, 0.29) is 17.3 Å². The second-order valence-electron chi connectivity index (χ2n) is 6.42. The maximum atomic E-state index is 14.3. The molecule has 146 valence electrons. The first-order valence-corrected chi connectivity index (χ1v) is 9.08. The largest absolute Gasteiger partial charge is 0.494 e. The Kier molecular flexibility index (Phi) is 5.59. The zero-order valence-corrected chi connectivity index (χ0v) is 16.4. The third-order valence-electron chi connectivity index (χ3n) is 4.57. The van der Waals surface area contributed by atoms with Gasteiger partial charge in [-0.3, -0.25) is 0 Å². The number of rotatable bonds is 5. The van der Waals surface area contributed by atoms with Crippen molar-refractivity contribution in [3.05, 3.63) is 88.3 Å². The molecular weight excluding hydrogens is 384 g/mol. The van der Waals surface area contributed by atoms with Crippen LogP contribution in [-0.4, -0.2) is 11.7 Å². The number of aliphatic hydroxyl groups is 1. The molecule has 1 aliphatic heterocycles. The summed E-state index contributed by atoms with van der Waals surface area (Å²) < 4.78 is 33.9. The molecule has 0 amide bonds. The average molecular weight is 404 g/mol. The quantitative estimate of drug-likeness (QED) is 0.489. The summed E-state index contributed by atoms with van der Waals surface area (Å²) in [6.07, 6.45) is 1.66. The zero-order chi connectivity index (χ0) is 20.6. The van der Waals surface area contributed by atoms with Gasteiger partial charge in [-0.25, -0.2) is 8.78 Å². The molecule has 0 unspecified atom stereocenters. The lowest BCUT2D eigenvalue weighted by Crippen LogP contribution is -2.20. The molecule has 1 aliphatic rings. The van der Waals surface area contributed by atoms with Crippen molar-refractivity contribution in [3.63, 3.8) is 0 Å². The van der Waals surface area contributed by atoms with Crippen LogP contribution in [0.4, 0.5) is 20.2 Å². The fourth-order valence-corrected chi connectivity index (χ4v) is 3.51. The number of halogens is 3. The number of anilines is 2. The minimum Gasteiger partial charge on any atom is -0.494 e. The van der Waals surface area contributed by atoms with Gasteiger partial charge in [0.15, 0.2) is 11.6 Å². The van der Waals surface area contributed by atoms with Crippen molar-refractivity contribution in [2.75, 3.05) is 11.5 Å². The van der Waals surface area contributed by atoms with Gasteiger partial charge in [0, 0.05) is 22.9 Å². The summed E-state index contributed by atoms with van der Waals surface area (Å²) in [6.45, 7) is 11.8. The normalized spacial score (nSPS) is 13.3. The number of allylic oxidation sites excluding steroid dienone is 1. The first-order valence-electron chi connectivity index (χ1n) is 8.70. The van der Waals surface area contributed by atoms with Crippen LogP contribution < -0.4 is 4.90 Å². The maximum Gasteiger partial charge on any atom is 0.179 e. The second kappa shape index (κ2) is 7.78. The SMILES string of the molecule is C=C(OCC)C1=CN(c2ccc(C)cc2CO)c2c(cc(F)c(F)c2Cl)C1=C. The van der Waals surface area contributed by atoms with Crippen LogP contribution in [-0.2, 0) is 11.3 Å². The predicted molar refractivity (Wildman–Crippen MR) is 108 cm³/mol. The van der Waals surface area contributed by atoms with Gasteiger partial charge in [-0.2, -0.15) is 0 Å². The average Bonchev–Trinajstić information content (AvgIpc) is 2.67. The lowest BCUT2D eigenvalue weighted by Gasteiger charge is -2.33. The number of nitrogens with zero attached hydrogens (tertiary/aromatic N) is 1. The van der Waals surface area contributed by atoms with Gasteiger partial charge in [0.05, 0.1) is 24.6 Å². The van der Waals surface area contributed by atoms with Crippen LogP contribution in [0.3, 0.4) is 0 Å². The summed E-state index contributed by atoms with van der Waals surface area (Å²) in [5.41, 5.74) is 3.66. The predicted octanol–water partition coefficient (Wildman–Crippen LogP) is 6.02. The lowest BCUT2D eigenvalue weighted by molar-refractivity contribution is 0.241. The molecule has 1 N–H and O–H groups in total. The van der Waals surface area contributed by atoms with Crippen molar-refractivity contribution in [2.45, 2.75) is 20.5 Å². The molecule has 1 heterocycles. The van der Waals surface area contributed by atoms with Crippen molar-refractivity contribution in [2.24, 2.45) is 0 Å². The molecule has 2 aromatic carbocycles. The number of ether oxygens (including phenoxy) is 1. The highest BCUT2D eigenvalue weighted by Gasteiger charge is 2.30. The Labute approximate surface area is 167 Å². The molecule has 0 saturated heterocycles. The molecule has 0 aliphatic carbocycles. The van der Waals surface area contributed by atoms with Gasteiger partial charge >= 0.3 is 0 Å². The molecule has 6 heteroatoms. The van der Waals surface area contributed by atoms with Crippen molar-refractivity contribution < 1.29 is 18.6 Å². The van der Waals surface area contributed by atoms with Gasteiger partial charge in [0.1, 0.15) is 10.8 Å². The van der Waals surface area contributed by atoms with Crippen LogP contribution in [0.1, 0.15) is 23.6 Å². The van der Waals surface area contributed by atoms with Gasteiger partial charge in [0.25, 0.3) is 0 Å². The molecule has 0 fully saturated rings. The third-order valence-corrected chi connectivity index (χ3v) is 4.91. The molecule has 0 spiro atoms. The van der Waals surface area contributed by atoms with Crippen LogP contribution in [0.25, 0.3) is 5.57 Å². The van der Waals surface area contributed by atoms with Crippen LogP contribution in [0.2, 0.25) is 5.02 Å². The summed E-state index contributed by atoms with van der Waals surface area (Å²) in [5.74, 6) is -1.86. The highest BCUT2D eigenvalue weighted by molar-refractivity contribution is 6.34. The summed E-state index contributed by atoms with van der Waals surface area (Å²) in [4.78, 5) is 1.61. The standard InChI is InChI=1S/C22H20ClF2NO2/c1-5-28-14(4)17-10-26(19-7-6-12(2)8-15(19)11-27)22-16(13(17)3)9-18(24)21(25)20(22)23/h6-10,27H,3-5,11H2,1-2H3. The number of fused-ring (bicyclic) bond motifs is 1. The number of benzene rings is 2. The van der Waals surface area contributed by atoms with Crippen LogP contribution in [0.5, 0.6) is 0 Å². The van der Waals surface area contributed by atoms with Crippen molar-refractivity contribution in [3.8, 4) is 0 Å². The maximum absolute atomic E-state index is 14.3. The monoisotopic (exact) mass is 403 g/mol. The first-order chi connectivity index (χ1) is 13.3.